The predicted molar refractivity (Wildman–Crippen MR) is 92.4 cm³/mol. The van der Waals surface area contributed by atoms with Gasteiger partial charge in [-0.05, 0) is 61.7 Å². The molecule has 2 aromatic rings. The second-order valence-electron chi connectivity index (χ2n) is 5.84. The van der Waals surface area contributed by atoms with Crippen LogP contribution in [0.3, 0.4) is 0 Å². The Labute approximate surface area is 135 Å². The molecule has 22 heavy (non-hydrogen) atoms. The molecule has 3 heteroatoms. The Kier molecular flexibility index (Phi) is 4.11. The van der Waals surface area contributed by atoms with Crippen LogP contribution in [0.25, 0.3) is 5.57 Å². The van der Waals surface area contributed by atoms with E-state index < -0.39 is 0 Å². The molecule has 1 atom stereocenters. The molecule has 0 saturated heterocycles. The van der Waals surface area contributed by atoms with Crippen LogP contribution in [-0.4, -0.2) is 6.54 Å². The molecule has 0 saturated carbocycles. The van der Waals surface area contributed by atoms with E-state index in [1.54, 1.807) is 0 Å². The second kappa shape index (κ2) is 5.90. The van der Waals surface area contributed by atoms with Gasteiger partial charge in [-0.25, -0.2) is 4.39 Å². The Bertz CT molecular complexity index is 721. The average molecular weight is 313 g/mol. The molecule has 3 rings (SSSR count). The van der Waals surface area contributed by atoms with Crippen LogP contribution < -0.4 is 5.73 Å². The van der Waals surface area contributed by atoms with Crippen LogP contribution in [0.1, 0.15) is 30.0 Å². The third-order valence-corrected chi connectivity index (χ3v) is 5.60. The highest BCUT2D eigenvalue weighted by atomic mass is 32.2. The first-order chi connectivity index (χ1) is 10.5. The maximum absolute atomic E-state index is 13.3. The van der Waals surface area contributed by atoms with Gasteiger partial charge in [-0.1, -0.05) is 35.9 Å². The van der Waals surface area contributed by atoms with Gasteiger partial charge in [0.2, 0.25) is 0 Å². The molecule has 0 radical (unpaired) electrons. The van der Waals surface area contributed by atoms with Gasteiger partial charge in [0.25, 0.3) is 0 Å². The summed E-state index contributed by atoms with van der Waals surface area (Å²) in [5, 5.41) is 0. The van der Waals surface area contributed by atoms with Gasteiger partial charge in [0.05, 0.1) is 4.75 Å². The molecule has 114 valence electrons. The minimum atomic E-state index is -0.198. The Balaban J connectivity index is 2.13. The van der Waals surface area contributed by atoms with Crippen molar-refractivity contribution in [2.45, 2.75) is 29.9 Å². The normalized spacial score (nSPS) is 22.1. The van der Waals surface area contributed by atoms with Crippen LogP contribution in [0, 0.1) is 12.7 Å². The van der Waals surface area contributed by atoms with Gasteiger partial charge in [0.15, 0.2) is 0 Å². The Morgan fingerprint density at radius 3 is 2.59 bits per heavy atom. The van der Waals surface area contributed by atoms with Crippen LogP contribution in [0.15, 0.2) is 53.4 Å². The zero-order valence-corrected chi connectivity index (χ0v) is 13.7. The van der Waals surface area contributed by atoms with Gasteiger partial charge in [0, 0.05) is 4.90 Å². The standard InChI is InChI=1S/C19H20FNS/c1-13-5-10-18-16(12-13)17(4-3-11-21)19(2,22-18)14-6-8-15(20)9-7-14/h4-10,12H,3,11,21H2,1-2H3/b17-4+. The van der Waals surface area contributed by atoms with Gasteiger partial charge in [0.1, 0.15) is 5.82 Å². The lowest BCUT2D eigenvalue weighted by molar-refractivity contribution is 0.626. The molecule has 0 amide bonds. The lowest BCUT2D eigenvalue weighted by atomic mass is 9.86. The van der Waals surface area contributed by atoms with Crippen molar-refractivity contribution in [1.29, 1.82) is 0 Å². The van der Waals surface area contributed by atoms with Crippen molar-refractivity contribution < 1.29 is 4.39 Å². The van der Waals surface area contributed by atoms with Gasteiger partial charge in [-0.3, -0.25) is 0 Å². The molecule has 0 spiro atoms. The fourth-order valence-corrected chi connectivity index (χ4v) is 4.40. The number of fused-ring (bicyclic) bond motifs is 1. The monoisotopic (exact) mass is 313 g/mol. The molecule has 0 fully saturated rings. The molecule has 1 nitrogen and oxygen atoms in total. The van der Waals surface area contributed by atoms with Gasteiger partial charge < -0.3 is 5.73 Å². The Morgan fingerprint density at radius 1 is 1.18 bits per heavy atom. The maximum Gasteiger partial charge on any atom is 0.123 e. The third kappa shape index (κ3) is 2.59. The number of hydrogen-bond acceptors (Lipinski definition) is 2. The van der Waals surface area contributed by atoms with Crippen LogP contribution in [0.2, 0.25) is 0 Å². The summed E-state index contributed by atoms with van der Waals surface area (Å²) in [6.07, 6.45) is 3.09. The van der Waals surface area contributed by atoms with Crippen molar-refractivity contribution in [3.8, 4) is 0 Å². The zero-order valence-electron chi connectivity index (χ0n) is 12.9. The first-order valence-electron chi connectivity index (χ1n) is 7.51. The maximum atomic E-state index is 13.3. The molecule has 2 N–H and O–H groups in total. The van der Waals surface area contributed by atoms with E-state index >= 15 is 0 Å². The number of rotatable bonds is 3. The molecular weight excluding hydrogens is 293 g/mol. The smallest absolute Gasteiger partial charge is 0.123 e. The van der Waals surface area contributed by atoms with E-state index in [9.17, 15) is 4.39 Å². The summed E-state index contributed by atoms with van der Waals surface area (Å²) in [6.45, 7) is 4.95. The summed E-state index contributed by atoms with van der Waals surface area (Å²) < 4.78 is 13.1. The van der Waals surface area contributed by atoms with E-state index in [1.807, 2.05) is 23.9 Å². The minimum absolute atomic E-state index is 0.195. The Hall–Kier alpha value is -1.58. The molecule has 1 aliphatic rings. The first kappa shape index (κ1) is 15.3. The van der Waals surface area contributed by atoms with Crippen molar-refractivity contribution in [3.63, 3.8) is 0 Å². The van der Waals surface area contributed by atoms with E-state index in [2.05, 4.69) is 38.1 Å². The zero-order chi connectivity index (χ0) is 15.7. The van der Waals surface area contributed by atoms with Crippen LogP contribution in [-0.2, 0) is 4.75 Å². The average Bonchev–Trinajstić information content (AvgIpc) is 2.78. The van der Waals surface area contributed by atoms with Crippen molar-refractivity contribution in [2.75, 3.05) is 6.54 Å². The summed E-state index contributed by atoms with van der Waals surface area (Å²) >= 11 is 1.83. The SMILES string of the molecule is Cc1ccc2c(c1)/C(=C\CCN)C(C)(c1ccc(F)cc1)S2. The number of benzene rings is 2. The minimum Gasteiger partial charge on any atom is -0.330 e. The van der Waals surface area contributed by atoms with E-state index in [1.165, 1.54) is 33.7 Å². The van der Waals surface area contributed by atoms with E-state index in [-0.39, 0.29) is 10.6 Å². The molecule has 0 aliphatic carbocycles. The Morgan fingerprint density at radius 2 is 1.91 bits per heavy atom. The fraction of sp³-hybridized carbons (Fsp3) is 0.263. The third-order valence-electron chi connectivity index (χ3n) is 4.16. The van der Waals surface area contributed by atoms with Gasteiger partial charge in [-0.15, -0.1) is 11.8 Å². The fourth-order valence-electron chi connectivity index (χ4n) is 2.99. The van der Waals surface area contributed by atoms with Crippen molar-refractivity contribution >= 4 is 17.3 Å². The molecule has 0 aromatic heterocycles. The number of halogens is 1. The molecule has 1 unspecified atom stereocenters. The number of thioether (sulfide) groups is 1. The van der Waals surface area contributed by atoms with E-state index in [0.717, 1.165) is 12.0 Å². The highest BCUT2D eigenvalue weighted by Gasteiger charge is 2.40. The van der Waals surface area contributed by atoms with E-state index in [0.29, 0.717) is 6.54 Å². The quantitative estimate of drug-likeness (QED) is 0.873. The lowest BCUT2D eigenvalue weighted by Crippen LogP contribution is -2.15. The molecule has 1 heterocycles. The summed E-state index contributed by atoms with van der Waals surface area (Å²) in [6, 6.07) is 13.4. The number of hydrogen-bond donors (Lipinski definition) is 1. The first-order valence-corrected chi connectivity index (χ1v) is 8.33. The predicted octanol–water partition coefficient (Wildman–Crippen LogP) is 4.89. The lowest BCUT2D eigenvalue weighted by Gasteiger charge is -2.26. The molecule has 1 aliphatic heterocycles. The molecule has 2 aromatic carbocycles. The summed E-state index contributed by atoms with van der Waals surface area (Å²) in [4.78, 5) is 1.28. The second-order valence-corrected chi connectivity index (χ2v) is 7.30. The topological polar surface area (TPSA) is 26.0 Å². The largest absolute Gasteiger partial charge is 0.330 e. The molecule has 0 bridgehead atoms. The van der Waals surface area contributed by atoms with Crippen LogP contribution >= 0.6 is 11.8 Å². The van der Waals surface area contributed by atoms with Crippen molar-refractivity contribution in [3.05, 3.63) is 71.0 Å². The van der Waals surface area contributed by atoms with Crippen molar-refractivity contribution in [2.24, 2.45) is 5.73 Å². The van der Waals surface area contributed by atoms with E-state index in [4.69, 9.17) is 5.73 Å². The highest BCUT2D eigenvalue weighted by Crippen LogP contribution is 2.58. The van der Waals surface area contributed by atoms with Crippen molar-refractivity contribution in [1.82, 2.24) is 0 Å². The molecular formula is C19H20FNS. The summed E-state index contributed by atoms with van der Waals surface area (Å²) in [5.74, 6) is -0.198. The highest BCUT2D eigenvalue weighted by molar-refractivity contribution is 8.01. The summed E-state index contributed by atoms with van der Waals surface area (Å²) in [7, 11) is 0. The van der Waals surface area contributed by atoms with Crippen LogP contribution in [0.5, 0.6) is 0 Å². The van der Waals surface area contributed by atoms with Crippen LogP contribution in [0.4, 0.5) is 4.39 Å². The number of aryl methyl sites for hydroxylation is 1. The summed E-state index contributed by atoms with van der Waals surface area (Å²) in [5.41, 5.74) is 10.6. The van der Waals surface area contributed by atoms with Gasteiger partial charge >= 0.3 is 0 Å². The van der Waals surface area contributed by atoms with Gasteiger partial charge in [-0.2, -0.15) is 0 Å². The number of nitrogens with two attached hydrogens (primary N) is 1.